The van der Waals surface area contributed by atoms with Crippen molar-refractivity contribution >= 4 is 34.7 Å². The summed E-state index contributed by atoms with van der Waals surface area (Å²) in [4.78, 5) is 13.5. The number of rotatable bonds is 4. The van der Waals surface area contributed by atoms with E-state index in [9.17, 15) is 18.0 Å². The first-order chi connectivity index (χ1) is 14.6. The van der Waals surface area contributed by atoms with Crippen molar-refractivity contribution in [1.82, 2.24) is 24.9 Å². The minimum Gasteiger partial charge on any atom is -0.361 e. The highest BCUT2D eigenvalue weighted by molar-refractivity contribution is 7.10. The van der Waals surface area contributed by atoms with Crippen LogP contribution < -0.4 is 10.6 Å². The Hall–Kier alpha value is -2.53. The van der Waals surface area contributed by atoms with E-state index in [1.54, 1.807) is 29.2 Å². The normalized spacial score (nSPS) is 18.5. The van der Waals surface area contributed by atoms with E-state index in [0.717, 1.165) is 26.5 Å². The number of aryl methyl sites for hydroxylation is 2. The number of hydrogen-bond acceptors (Lipinski definition) is 5. The molecule has 3 aromatic rings. The van der Waals surface area contributed by atoms with Gasteiger partial charge in [-0.05, 0) is 25.3 Å². The Balaban J connectivity index is 1.63. The smallest absolute Gasteiger partial charge is 0.361 e. The molecule has 166 valence electrons. The predicted molar refractivity (Wildman–Crippen MR) is 111 cm³/mol. The van der Waals surface area contributed by atoms with E-state index < -0.39 is 24.2 Å². The second kappa shape index (κ2) is 7.86. The van der Waals surface area contributed by atoms with Crippen molar-refractivity contribution in [2.24, 2.45) is 7.05 Å². The van der Waals surface area contributed by atoms with Gasteiger partial charge in [-0.1, -0.05) is 17.7 Å². The molecule has 1 aliphatic heterocycles. The van der Waals surface area contributed by atoms with Gasteiger partial charge in [-0.3, -0.25) is 9.48 Å². The van der Waals surface area contributed by atoms with E-state index >= 15 is 0 Å². The van der Waals surface area contributed by atoms with Gasteiger partial charge >= 0.3 is 6.18 Å². The van der Waals surface area contributed by atoms with Crippen LogP contribution in [0.15, 0.2) is 17.5 Å². The van der Waals surface area contributed by atoms with E-state index in [4.69, 9.17) is 11.6 Å². The van der Waals surface area contributed by atoms with E-state index in [2.05, 4.69) is 20.8 Å². The Morgan fingerprint density at radius 1 is 1.39 bits per heavy atom. The lowest BCUT2D eigenvalue weighted by Crippen LogP contribution is -2.35. The zero-order valence-corrected chi connectivity index (χ0v) is 18.5. The van der Waals surface area contributed by atoms with Crippen LogP contribution in [0.4, 0.5) is 19.0 Å². The number of carbonyl (C=O) groups is 1. The fourth-order valence-corrected chi connectivity index (χ4v) is 4.79. The van der Waals surface area contributed by atoms with Gasteiger partial charge in [0.25, 0.3) is 5.91 Å². The van der Waals surface area contributed by atoms with Crippen LogP contribution in [0.1, 0.15) is 50.8 Å². The van der Waals surface area contributed by atoms with Gasteiger partial charge in [-0.2, -0.15) is 23.4 Å². The monoisotopic (exact) mass is 472 g/mol. The summed E-state index contributed by atoms with van der Waals surface area (Å²) in [6.07, 6.45) is -4.79. The second-order valence-corrected chi connectivity index (χ2v) is 8.77. The summed E-state index contributed by atoms with van der Waals surface area (Å²) in [7, 11) is 1.79. The second-order valence-electron chi connectivity index (χ2n) is 7.42. The van der Waals surface area contributed by atoms with Gasteiger partial charge in [0.05, 0.1) is 11.7 Å². The first-order valence-electron chi connectivity index (χ1n) is 9.49. The van der Waals surface area contributed by atoms with Crippen LogP contribution in [0.2, 0.25) is 5.02 Å². The lowest BCUT2D eigenvalue weighted by molar-refractivity contribution is -0.173. The number of halogens is 4. The predicted octanol–water partition coefficient (Wildman–Crippen LogP) is 4.54. The summed E-state index contributed by atoms with van der Waals surface area (Å²) in [5, 5.41) is 15.6. The lowest BCUT2D eigenvalue weighted by atomic mass is 10.0. The van der Waals surface area contributed by atoms with Gasteiger partial charge in [0.1, 0.15) is 10.8 Å². The number of aromatic nitrogens is 4. The van der Waals surface area contributed by atoms with E-state index in [0.29, 0.717) is 0 Å². The number of amides is 1. The molecular weight excluding hydrogens is 453 g/mol. The zero-order valence-electron chi connectivity index (χ0n) is 16.9. The average Bonchev–Trinajstić information content (AvgIpc) is 3.40. The summed E-state index contributed by atoms with van der Waals surface area (Å²) in [5.41, 5.74) is 2.23. The molecule has 0 spiro atoms. The van der Waals surface area contributed by atoms with Crippen LogP contribution in [-0.2, 0) is 13.6 Å². The highest BCUT2D eigenvalue weighted by atomic mass is 35.5. The molecule has 2 atom stereocenters. The molecule has 12 heteroatoms. The molecule has 0 saturated heterocycles. The van der Waals surface area contributed by atoms with Gasteiger partial charge in [-0.15, -0.1) is 11.3 Å². The van der Waals surface area contributed by atoms with Crippen molar-refractivity contribution in [3.8, 4) is 0 Å². The molecule has 7 nitrogen and oxygen atoms in total. The number of alkyl halides is 3. The van der Waals surface area contributed by atoms with E-state index in [1.807, 2.05) is 13.8 Å². The largest absolute Gasteiger partial charge is 0.410 e. The average molecular weight is 473 g/mol. The number of fused-ring (bicyclic) bond motifs is 1. The van der Waals surface area contributed by atoms with Crippen LogP contribution in [0.25, 0.3) is 0 Å². The molecule has 0 aromatic carbocycles. The van der Waals surface area contributed by atoms with Crippen molar-refractivity contribution in [3.63, 3.8) is 0 Å². The fourth-order valence-electron chi connectivity index (χ4n) is 3.74. The summed E-state index contributed by atoms with van der Waals surface area (Å²) in [6.45, 7) is 3.85. The minimum absolute atomic E-state index is 0.00692. The first kappa shape index (κ1) is 21.7. The molecule has 2 N–H and O–H groups in total. The molecule has 0 unspecified atom stereocenters. The lowest BCUT2D eigenvalue weighted by Gasteiger charge is -2.32. The van der Waals surface area contributed by atoms with Gasteiger partial charge in [0.2, 0.25) is 0 Å². The van der Waals surface area contributed by atoms with Crippen LogP contribution in [0.3, 0.4) is 0 Å². The van der Waals surface area contributed by atoms with Crippen molar-refractivity contribution in [3.05, 3.63) is 50.1 Å². The maximum Gasteiger partial charge on any atom is 0.410 e. The number of nitrogens with one attached hydrogen (secondary N) is 2. The molecule has 0 saturated carbocycles. The molecule has 1 aliphatic rings. The van der Waals surface area contributed by atoms with Crippen LogP contribution in [0.5, 0.6) is 0 Å². The summed E-state index contributed by atoms with van der Waals surface area (Å²) >= 11 is 7.70. The van der Waals surface area contributed by atoms with Crippen molar-refractivity contribution in [2.75, 3.05) is 5.32 Å². The topological polar surface area (TPSA) is 76.8 Å². The van der Waals surface area contributed by atoms with Crippen molar-refractivity contribution in [1.29, 1.82) is 0 Å². The third kappa shape index (κ3) is 3.91. The third-order valence-electron chi connectivity index (χ3n) is 5.48. The number of nitrogens with zero attached hydrogens (tertiary/aromatic N) is 4. The Bertz CT molecular complexity index is 1120. The molecule has 4 rings (SSSR count). The number of hydrogen-bond donors (Lipinski definition) is 2. The van der Waals surface area contributed by atoms with Gasteiger partial charge < -0.3 is 10.6 Å². The Kier molecular flexibility index (Phi) is 5.50. The molecule has 0 radical (unpaired) electrons. The minimum atomic E-state index is -4.54. The zero-order chi connectivity index (χ0) is 22.5. The van der Waals surface area contributed by atoms with Crippen molar-refractivity contribution in [2.45, 2.75) is 45.1 Å². The van der Waals surface area contributed by atoms with Crippen LogP contribution in [0, 0.1) is 13.8 Å². The van der Waals surface area contributed by atoms with Gasteiger partial charge in [0, 0.05) is 36.1 Å². The van der Waals surface area contributed by atoms with Gasteiger partial charge in [-0.25, -0.2) is 4.68 Å². The third-order valence-corrected chi connectivity index (χ3v) is 6.83. The van der Waals surface area contributed by atoms with E-state index in [-0.39, 0.29) is 29.5 Å². The van der Waals surface area contributed by atoms with Crippen molar-refractivity contribution < 1.29 is 18.0 Å². The fraction of sp³-hybridized carbons (Fsp3) is 0.421. The molecule has 31 heavy (non-hydrogen) atoms. The maximum atomic E-state index is 13.8. The Morgan fingerprint density at radius 2 is 2.13 bits per heavy atom. The number of thiophene rings is 1. The summed E-state index contributed by atoms with van der Waals surface area (Å²) in [6, 6.07) is 1.07. The quantitative estimate of drug-likeness (QED) is 0.584. The molecule has 0 bridgehead atoms. The summed E-state index contributed by atoms with van der Waals surface area (Å²) in [5.74, 6) is -0.655. The molecule has 1 amide bonds. The standard InChI is InChI=1S/C19H20ClF3N6OS/c1-9-11(10(2)28(3)26-9)8-24-18(30)16-15(20)17-25-12(13-5-4-6-31-13)7-14(19(21,22)23)29(17)27-16/h4-6,12,14,25H,7-8H2,1-3H3,(H,24,30)/t12-,14+/m0/s1. The molecule has 0 fully saturated rings. The van der Waals surface area contributed by atoms with E-state index in [1.165, 1.54) is 11.3 Å². The molecule has 0 aliphatic carbocycles. The first-order valence-corrected chi connectivity index (χ1v) is 10.8. The SMILES string of the molecule is Cc1nn(C)c(C)c1CNC(=O)c1nn2c(c1Cl)N[C@H](c1cccs1)C[C@@H]2C(F)(F)F. The van der Waals surface area contributed by atoms with Crippen LogP contribution in [-0.4, -0.2) is 31.6 Å². The summed E-state index contributed by atoms with van der Waals surface area (Å²) < 4.78 is 43.9. The molecule has 4 heterocycles. The highest BCUT2D eigenvalue weighted by Crippen LogP contribution is 2.46. The molecule has 3 aromatic heterocycles. The number of anilines is 1. The maximum absolute atomic E-state index is 13.8. The van der Waals surface area contributed by atoms with Gasteiger partial charge in [0.15, 0.2) is 11.7 Å². The highest BCUT2D eigenvalue weighted by Gasteiger charge is 2.48. The Morgan fingerprint density at radius 3 is 2.71 bits per heavy atom. The number of carbonyl (C=O) groups excluding carboxylic acids is 1. The van der Waals surface area contributed by atoms with Crippen LogP contribution >= 0.6 is 22.9 Å². The Labute approximate surface area is 185 Å². The molecular formula is C19H20ClF3N6OS.